The Bertz CT molecular complexity index is 3240. The van der Waals surface area contributed by atoms with Crippen molar-refractivity contribution in [3.05, 3.63) is 181 Å². The number of aromatic nitrogens is 2. The highest BCUT2D eigenvalue weighted by Crippen LogP contribution is 2.45. The molecule has 10 aromatic rings. The summed E-state index contributed by atoms with van der Waals surface area (Å²) < 4.78 is 17.7. The van der Waals surface area contributed by atoms with Crippen LogP contribution >= 0.6 is 23.2 Å². The minimum atomic E-state index is -0.909. The first-order chi connectivity index (χ1) is 30.7. The molecule has 10 rings (SSSR count). The number of phenolic OH excluding ortho intramolecular Hbond substituents is 2. The van der Waals surface area contributed by atoms with Gasteiger partial charge in [-0.15, -0.1) is 23.2 Å². The summed E-state index contributed by atoms with van der Waals surface area (Å²) in [5.74, 6) is 1.40. The fourth-order valence-corrected chi connectivity index (χ4v) is 9.48. The fraction of sp³-hybridized carbons (Fsp3) is 0.127. The Balaban J connectivity index is 0.961. The van der Waals surface area contributed by atoms with Gasteiger partial charge in [0.15, 0.2) is 0 Å². The standard InChI is InChI=1S/C55H44Cl2N2O4/c1-33-28-42(53(60)48(30-33)58-44-22-10-4-16-36(44)37-17-5-11-23-45(37)58)40-20-8-14-26-50(40)62-35(3)32-52(55(56)57)63-51-27-15-9-21-41(51)43-29-34(2)31-49(54(43)61)59-46-24-12-6-18-38(46)39-19-7-13-25-47(39)59/h4-31,35,52,55,60-61H,32H2,1-3H3. The molecule has 312 valence electrons. The van der Waals surface area contributed by atoms with Gasteiger partial charge in [0.2, 0.25) is 0 Å². The number of nitrogens with zero attached hydrogens (tertiary/aromatic N) is 2. The Kier molecular flexibility index (Phi) is 10.5. The summed E-state index contributed by atoms with van der Waals surface area (Å²) in [6, 6.07) is 56.4. The van der Waals surface area contributed by atoms with Gasteiger partial charge in [-0.3, -0.25) is 0 Å². The lowest BCUT2D eigenvalue weighted by Crippen LogP contribution is -2.30. The molecule has 0 aliphatic rings. The maximum absolute atomic E-state index is 12.2. The molecule has 63 heavy (non-hydrogen) atoms. The first-order valence-electron chi connectivity index (χ1n) is 21.1. The van der Waals surface area contributed by atoms with Crippen LogP contribution in [0, 0.1) is 13.8 Å². The van der Waals surface area contributed by atoms with Gasteiger partial charge in [-0.1, -0.05) is 109 Å². The van der Waals surface area contributed by atoms with Crippen molar-refractivity contribution in [1.29, 1.82) is 0 Å². The van der Waals surface area contributed by atoms with Crippen molar-refractivity contribution in [3.8, 4) is 56.6 Å². The highest BCUT2D eigenvalue weighted by molar-refractivity contribution is 6.44. The number of aryl methyl sites for hydroxylation is 2. The lowest BCUT2D eigenvalue weighted by Gasteiger charge is -2.26. The molecule has 2 aromatic heterocycles. The fourth-order valence-electron chi connectivity index (χ4n) is 9.18. The van der Waals surface area contributed by atoms with Crippen LogP contribution < -0.4 is 9.47 Å². The van der Waals surface area contributed by atoms with Gasteiger partial charge < -0.3 is 28.8 Å². The molecule has 0 aliphatic heterocycles. The third kappa shape index (κ3) is 7.19. The maximum atomic E-state index is 12.2. The van der Waals surface area contributed by atoms with Crippen LogP contribution in [0.4, 0.5) is 0 Å². The molecule has 6 nitrogen and oxygen atoms in total. The van der Waals surface area contributed by atoms with E-state index in [2.05, 4.69) is 57.7 Å². The van der Waals surface area contributed by atoms with E-state index in [0.29, 0.717) is 46.0 Å². The highest BCUT2D eigenvalue weighted by Gasteiger charge is 2.27. The van der Waals surface area contributed by atoms with E-state index in [1.807, 2.05) is 142 Å². The Labute approximate surface area is 375 Å². The molecule has 0 saturated carbocycles. The Morgan fingerprint density at radius 2 is 0.810 bits per heavy atom. The van der Waals surface area contributed by atoms with Crippen LogP contribution in [-0.4, -0.2) is 36.4 Å². The van der Waals surface area contributed by atoms with E-state index in [-0.39, 0.29) is 11.5 Å². The van der Waals surface area contributed by atoms with Crippen molar-refractivity contribution >= 4 is 66.8 Å². The Morgan fingerprint density at radius 3 is 1.21 bits per heavy atom. The number of ether oxygens (including phenoxy) is 2. The molecule has 8 heteroatoms. The second kappa shape index (κ2) is 16.4. The van der Waals surface area contributed by atoms with Crippen LogP contribution in [0.5, 0.6) is 23.0 Å². The lowest BCUT2D eigenvalue weighted by atomic mass is 9.99. The summed E-state index contributed by atoms with van der Waals surface area (Å²) in [4.78, 5) is -0.909. The number of fused-ring (bicyclic) bond motifs is 6. The normalized spacial score (nSPS) is 12.7. The summed E-state index contributed by atoms with van der Waals surface area (Å²) >= 11 is 13.4. The van der Waals surface area contributed by atoms with Gasteiger partial charge in [0, 0.05) is 50.2 Å². The van der Waals surface area contributed by atoms with E-state index >= 15 is 0 Å². The highest BCUT2D eigenvalue weighted by atomic mass is 35.5. The van der Waals surface area contributed by atoms with Gasteiger partial charge in [-0.05, 0) is 92.6 Å². The average molecular weight is 868 g/mol. The molecule has 0 amide bonds. The minimum absolute atomic E-state index is 0.127. The van der Waals surface area contributed by atoms with Gasteiger partial charge in [-0.25, -0.2) is 0 Å². The first kappa shape index (κ1) is 40.2. The van der Waals surface area contributed by atoms with E-state index in [1.165, 1.54) is 0 Å². The number of hydrogen-bond donors (Lipinski definition) is 2. The molecule has 2 heterocycles. The first-order valence-corrected chi connectivity index (χ1v) is 22.0. The lowest BCUT2D eigenvalue weighted by molar-refractivity contribution is 0.128. The summed E-state index contributed by atoms with van der Waals surface area (Å²) in [6.45, 7) is 6.02. The second-order valence-corrected chi connectivity index (χ2v) is 17.4. The van der Waals surface area contributed by atoms with Crippen molar-refractivity contribution < 1.29 is 19.7 Å². The zero-order valence-corrected chi connectivity index (χ0v) is 36.5. The zero-order valence-electron chi connectivity index (χ0n) is 35.0. The molecule has 8 aromatic carbocycles. The van der Waals surface area contributed by atoms with Crippen molar-refractivity contribution in [2.75, 3.05) is 0 Å². The summed E-state index contributed by atoms with van der Waals surface area (Å²) in [6.07, 6.45) is -0.768. The molecule has 0 aliphatic carbocycles. The molecule has 2 unspecified atom stereocenters. The van der Waals surface area contributed by atoms with Gasteiger partial charge in [0.25, 0.3) is 0 Å². The summed E-state index contributed by atoms with van der Waals surface area (Å²) in [7, 11) is 0. The van der Waals surface area contributed by atoms with E-state index in [9.17, 15) is 10.2 Å². The van der Waals surface area contributed by atoms with Gasteiger partial charge in [0.05, 0.1) is 39.5 Å². The molecule has 0 fully saturated rings. The van der Waals surface area contributed by atoms with Crippen LogP contribution in [0.1, 0.15) is 24.5 Å². The third-order valence-corrected chi connectivity index (χ3v) is 12.5. The molecule has 2 N–H and O–H groups in total. The van der Waals surface area contributed by atoms with Crippen LogP contribution in [0.2, 0.25) is 0 Å². The Hall–Kier alpha value is -6.86. The monoisotopic (exact) mass is 866 g/mol. The SMILES string of the molecule is Cc1cc(-c2ccccc2OC(C)CC(Oc2ccccc2-c2cc(C)cc(-n3c4ccccc4c4ccccc43)c2O)C(Cl)Cl)c(O)c(-n2c3ccccc3c3ccccc32)c1. The number of halogens is 2. The van der Waals surface area contributed by atoms with E-state index in [4.69, 9.17) is 32.7 Å². The average Bonchev–Trinajstić information content (AvgIpc) is 3.81. The van der Waals surface area contributed by atoms with Crippen molar-refractivity contribution in [2.24, 2.45) is 0 Å². The van der Waals surface area contributed by atoms with Gasteiger partial charge >= 0.3 is 0 Å². The number of benzene rings is 8. The smallest absolute Gasteiger partial charge is 0.147 e. The minimum Gasteiger partial charge on any atom is -0.505 e. The molecule has 2 atom stereocenters. The number of rotatable bonds is 11. The largest absolute Gasteiger partial charge is 0.505 e. The van der Waals surface area contributed by atoms with Crippen LogP contribution in [0.25, 0.3) is 77.2 Å². The molecule has 0 saturated heterocycles. The summed E-state index contributed by atoms with van der Waals surface area (Å²) in [5, 5.41) is 28.8. The predicted molar refractivity (Wildman–Crippen MR) is 260 cm³/mol. The topological polar surface area (TPSA) is 68.8 Å². The van der Waals surface area contributed by atoms with Crippen molar-refractivity contribution in [1.82, 2.24) is 9.13 Å². The molecule has 0 bridgehead atoms. The van der Waals surface area contributed by atoms with E-state index in [1.54, 1.807) is 0 Å². The molecule has 0 spiro atoms. The van der Waals surface area contributed by atoms with Crippen LogP contribution in [0.15, 0.2) is 170 Å². The summed E-state index contributed by atoms with van der Waals surface area (Å²) in [5.41, 5.74) is 10.1. The van der Waals surface area contributed by atoms with Gasteiger partial charge in [0.1, 0.15) is 33.9 Å². The van der Waals surface area contributed by atoms with Crippen LogP contribution in [-0.2, 0) is 0 Å². The molecular weight excluding hydrogens is 824 g/mol. The number of hydrogen-bond acceptors (Lipinski definition) is 4. The maximum Gasteiger partial charge on any atom is 0.147 e. The second-order valence-electron chi connectivity index (χ2n) is 16.2. The van der Waals surface area contributed by atoms with Crippen molar-refractivity contribution in [2.45, 2.75) is 44.2 Å². The number of aromatic hydroxyl groups is 2. The van der Waals surface area contributed by atoms with Gasteiger partial charge in [-0.2, -0.15) is 0 Å². The van der Waals surface area contributed by atoms with E-state index < -0.39 is 17.0 Å². The quantitative estimate of drug-likeness (QED) is 0.127. The molecule has 0 radical (unpaired) electrons. The van der Waals surface area contributed by atoms with E-state index in [0.717, 1.165) is 60.3 Å². The number of alkyl halides is 2. The molecular formula is C55H44Cl2N2O4. The number of phenols is 2. The van der Waals surface area contributed by atoms with Crippen LogP contribution in [0.3, 0.4) is 0 Å². The zero-order chi connectivity index (χ0) is 43.4. The third-order valence-electron chi connectivity index (χ3n) is 11.9. The number of para-hydroxylation sites is 6. The Morgan fingerprint density at radius 1 is 0.460 bits per heavy atom. The van der Waals surface area contributed by atoms with Crippen molar-refractivity contribution in [3.63, 3.8) is 0 Å². The predicted octanol–water partition coefficient (Wildman–Crippen LogP) is 14.7.